The maximum absolute atomic E-state index is 12.1. The number of halogens is 1. The van der Waals surface area contributed by atoms with Crippen LogP contribution in [0.5, 0.6) is 5.75 Å². The summed E-state index contributed by atoms with van der Waals surface area (Å²) in [6.07, 6.45) is 3.46. The molecule has 7 heteroatoms. The van der Waals surface area contributed by atoms with Gasteiger partial charge in [-0.25, -0.2) is 0 Å². The van der Waals surface area contributed by atoms with Crippen molar-refractivity contribution in [3.8, 4) is 5.75 Å². The van der Waals surface area contributed by atoms with Gasteiger partial charge in [0.25, 0.3) is 5.91 Å². The van der Waals surface area contributed by atoms with Gasteiger partial charge < -0.3 is 14.8 Å². The molecule has 0 radical (unpaired) electrons. The lowest BCUT2D eigenvalue weighted by molar-refractivity contribution is 0.0994. The number of hydrogen-bond donors (Lipinski definition) is 2. The predicted molar refractivity (Wildman–Crippen MR) is 81.1 cm³/mol. The largest absolute Gasteiger partial charge is 0.506 e. The van der Waals surface area contributed by atoms with Gasteiger partial charge in [0.2, 0.25) is 0 Å². The van der Waals surface area contributed by atoms with E-state index in [4.69, 9.17) is 16.0 Å². The Morgan fingerprint density at radius 3 is 3.00 bits per heavy atom. The number of phenols is 1. The first-order valence-electron chi connectivity index (χ1n) is 6.48. The lowest BCUT2D eigenvalue weighted by Gasteiger charge is -2.06. The van der Waals surface area contributed by atoms with Crippen LogP contribution in [0.15, 0.2) is 53.2 Å². The Hall–Kier alpha value is -2.73. The van der Waals surface area contributed by atoms with Crippen molar-refractivity contribution in [2.45, 2.75) is 6.54 Å². The molecule has 1 aromatic carbocycles. The SMILES string of the molecule is O=C(Nc1cc(Cl)ccc1O)c1ccc(Cn2cccn2)o1. The summed E-state index contributed by atoms with van der Waals surface area (Å²) in [5.41, 5.74) is 0.225. The highest BCUT2D eigenvalue weighted by molar-refractivity contribution is 6.31. The van der Waals surface area contributed by atoms with Crippen LogP contribution in [-0.4, -0.2) is 20.8 Å². The van der Waals surface area contributed by atoms with E-state index in [9.17, 15) is 9.90 Å². The number of hydrogen-bond acceptors (Lipinski definition) is 4. The van der Waals surface area contributed by atoms with Gasteiger partial charge in [0.05, 0.1) is 12.2 Å². The Balaban J connectivity index is 1.72. The summed E-state index contributed by atoms with van der Waals surface area (Å²) in [5.74, 6) is 0.205. The molecular formula is C15H12ClN3O3. The van der Waals surface area contributed by atoms with Crippen LogP contribution in [0.25, 0.3) is 0 Å². The zero-order valence-corrected chi connectivity index (χ0v) is 12.1. The van der Waals surface area contributed by atoms with Gasteiger partial charge in [-0.2, -0.15) is 5.10 Å². The van der Waals surface area contributed by atoms with E-state index >= 15 is 0 Å². The number of anilines is 1. The van der Waals surface area contributed by atoms with Crippen molar-refractivity contribution in [3.05, 3.63) is 65.3 Å². The van der Waals surface area contributed by atoms with Gasteiger partial charge in [-0.05, 0) is 36.4 Å². The van der Waals surface area contributed by atoms with E-state index in [1.54, 1.807) is 35.3 Å². The van der Waals surface area contributed by atoms with Crippen LogP contribution in [-0.2, 0) is 6.54 Å². The first kappa shape index (κ1) is 14.2. The van der Waals surface area contributed by atoms with Crippen LogP contribution in [0.1, 0.15) is 16.3 Å². The molecule has 0 aliphatic rings. The zero-order valence-electron chi connectivity index (χ0n) is 11.4. The highest BCUT2D eigenvalue weighted by atomic mass is 35.5. The molecule has 1 amide bonds. The van der Waals surface area contributed by atoms with Crippen molar-refractivity contribution < 1.29 is 14.3 Å². The van der Waals surface area contributed by atoms with Crippen LogP contribution in [0.3, 0.4) is 0 Å². The minimum atomic E-state index is -0.468. The van der Waals surface area contributed by atoms with Crippen molar-refractivity contribution in [2.75, 3.05) is 5.32 Å². The molecular weight excluding hydrogens is 306 g/mol. The molecule has 2 N–H and O–H groups in total. The van der Waals surface area contributed by atoms with Gasteiger partial charge in [0.1, 0.15) is 11.5 Å². The molecule has 0 atom stereocenters. The lowest BCUT2D eigenvalue weighted by atomic mass is 10.3. The number of nitrogens with zero attached hydrogens (tertiary/aromatic N) is 2. The zero-order chi connectivity index (χ0) is 15.5. The average molecular weight is 318 g/mol. The fourth-order valence-corrected chi connectivity index (χ4v) is 2.10. The van der Waals surface area contributed by atoms with Gasteiger partial charge in [-0.15, -0.1) is 0 Å². The monoisotopic (exact) mass is 317 g/mol. The number of carbonyl (C=O) groups is 1. The van der Waals surface area contributed by atoms with Crippen molar-refractivity contribution in [3.63, 3.8) is 0 Å². The van der Waals surface area contributed by atoms with Gasteiger partial charge in [0.15, 0.2) is 5.76 Å². The van der Waals surface area contributed by atoms with Crippen molar-refractivity contribution in [1.29, 1.82) is 0 Å². The first-order valence-corrected chi connectivity index (χ1v) is 6.85. The van der Waals surface area contributed by atoms with Crippen molar-refractivity contribution in [2.24, 2.45) is 0 Å². The molecule has 3 aromatic rings. The van der Waals surface area contributed by atoms with Crippen LogP contribution in [0.2, 0.25) is 5.02 Å². The average Bonchev–Trinajstić information content (AvgIpc) is 3.15. The summed E-state index contributed by atoms with van der Waals surface area (Å²) in [7, 11) is 0. The second-order valence-corrected chi connectivity index (χ2v) is 5.02. The molecule has 0 fully saturated rings. The maximum atomic E-state index is 12.1. The van der Waals surface area contributed by atoms with E-state index in [0.29, 0.717) is 17.3 Å². The Morgan fingerprint density at radius 2 is 2.23 bits per heavy atom. The van der Waals surface area contributed by atoms with E-state index in [0.717, 1.165) is 0 Å². The topological polar surface area (TPSA) is 80.3 Å². The standard InChI is InChI=1S/C15H12ClN3O3/c16-10-2-4-13(20)12(8-10)18-15(21)14-5-3-11(22-14)9-19-7-1-6-17-19/h1-8,20H,9H2,(H,18,21). The Kier molecular flexibility index (Phi) is 3.84. The van der Waals surface area contributed by atoms with E-state index < -0.39 is 5.91 Å². The van der Waals surface area contributed by atoms with E-state index in [2.05, 4.69) is 10.4 Å². The molecule has 0 saturated carbocycles. The molecule has 3 rings (SSSR count). The quantitative estimate of drug-likeness (QED) is 0.724. The Morgan fingerprint density at radius 1 is 1.36 bits per heavy atom. The number of furan rings is 1. The molecule has 0 aliphatic carbocycles. The second kappa shape index (κ2) is 5.95. The fraction of sp³-hybridized carbons (Fsp3) is 0.0667. The number of nitrogens with one attached hydrogen (secondary N) is 1. The summed E-state index contributed by atoms with van der Waals surface area (Å²) in [6.45, 7) is 0.433. The Labute approximate surface area is 130 Å². The third kappa shape index (κ3) is 3.12. The maximum Gasteiger partial charge on any atom is 0.291 e. The summed E-state index contributed by atoms with van der Waals surface area (Å²) < 4.78 is 7.16. The minimum Gasteiger partial charge on any atom is -0.506 e. The van der Waals surface area contributed by atoms with Crippen LogP contribution in [0, 0.1) is 0 Å². The van der Waals surface area contributed by atoms with Gasteiger partial charge >= 0.3 is 0 Å². The van der Waals surface area contributed by atoms with Crippen molar-refractivity contribution >= 4 is 23.2 Å². The summed E-state index contributed by atoms with van der Waals surface area (Å²) in [4.78, 5) is 12.1. The molecule has 0 aliphatic heterocycles. The van der Waals surface area contributed by atoms with Gasteiger partial charge in [0, 0.05) is 17.4 Å². The van der Waals surface area contributed by atoms with Gasteiger partial charge in [-0.1, -0.05) is 11.6 Å². The first-order chi connectivity index (χ1) is 10.6. The molecule has 0 spiro atoms. The van der Waals surface area contributed by atoms with Crippen molar-refractivity contribution in [1.82, 2.24) is 9.78 Å². The number of carbonyl (C=O) groups excluding carboxylic acids is 1. The number of aromatic hydroxyl groups is 1. The third-order valence-electron chi connectivity index (χ3n) is 2.97. The van der Waals surface area contributed by atoms with E-state index in [-0.39, 0.29) is 17.2 Å². The van der Waals surface area contributed by atoms with E-state index in [1.807, 2.05) is 0 Å². The second-order valence-electron chi connectivity index (χ2n) is 4.59. The predicted octanol–water partition coefficient (Wildman–Crippen LogP) is 3.14. The summed E-state index contributed by atoms with van der Waals surface area (Å²) in [5, 5.41) is 16.7. The fourth-order valence-electron chi connectivity index (χ4n) is 1.93. The number of phenolic OH excluding ortho intramolecular Hbond substituents is 1. The molecule has 0 saturated heterocycles. The third-order valence-corrected chi connectivity index (χ3v) is 3.20. The number of rotatable bonds is 4. The molecule has 112 valence electrons. The molecule has 2 aromatic heterocycles. The molecule has 22 heavy (non-hydrogen) atoms. The normalized spacial score (nSPS) is 10.6. The number of benzene rings is 1. The Bertz CT molecular complexity index is 796. The summed E-state index contributed by atoms with van der Waals surface area (Å²) >= 11 is 5.83. The molecule has 2 heterocycles. The van der Waals surface area contributed by atoms with E-state index in [1.165, 1.54) is 18.2 Å². The van der Waals surface area contributed by atoms with Crippen LogP contribution in [0.4, 0.5) is 5.69 Å². The highest BCUT2D eigenvalue weighted by Crippen LogP contribution is 2.27. The summed E-state index contributed by atoms with van der Waals surface area (Å²) in [6, 6.07) is 9.47. The van der Waals surface area contributed by atoms with Crippen LogP contribution >= 0.6 is 11.6 Å². The minimum absolute atomic E-state index is 0.0685. The van der Waals surface area contributed by atoms with Crippen LogP contribution < -0.4 is 5.32 Å². The molecule has 0 unspecified atom stereocenters. The number of amides is 1. The molecule has 6 nitrogen and oxygen atoms in total. The number of aromatic nitrogens is 2. The highest BCUT2D eigenvalue weighted by Gasteiger charge is 2.14. The van der Waals surface area contributed by atoms with Gasteiger partial charge in [-0.3, -0.25) is 9.48 Å². The lowest BCUT2D eigenvalue weighted by Crippen LogP contribution is -2.11. The smallest absolute Gasteiger partial charge is 0.291 e. The molecule has 0 bridgehead atoms.